The molecule has 5 nitrogen and oxygen atoms in total. The number of amides is 1. The van der Waals surface area contributed by atoms with E-state index in [4.69, 9.17) is 4.74 Å². The second-order valence-corrected chi connectivity index (χ2v) is 5.18. The maximum absolute atomic E-state index is 11.4. The van der Waals surface area contributed by atoms with E-state index in [2.05, 4.69) is 17.0 Å². The third-order valence-corrected chi connectivity index (χ3v) is 3.12. The maximum atomic E-state index is 11.4. The third-order valence-electron chi connectivity index (χ3n) is 2.80. The van der Waals surface area contributed by atoms with Gasteiger partial charge in [0.05, 0.1) is 6.54 Å². The first kappa shape index (κ1) is 19.5. The van der Waals surface area contributed by atoms with Gasteiger partial charge in [0.1, 0.15) is 11.2 Å². The number of carbonyl (C=O) groups is 2. The summed E-state index contributed by atoms with van der Waals surface area (Å²) in [5, 5.41) is 2.49. The van der Waals surface area contributed by atoms with Crippen LogP contribution < -0.4 is 5.32 Å². The van der Waals surface area contributed by atoms with Gasteiger partial charge in [-0.2, -0.15) is 0 Å². The van der Waals surface area contributed by atoms with Crippen LogP contribution in [0.25, 0.3) is 0 Å². The number of alkyl halides is 1. The van der Waals surface area contributed by atoms with Crippen molar-refractivity contribution in [1.82, 2.24) is 5.32 Å². The Hall–Kier alpha value is -0.530. The second kappa shape index (κ2) is 14.9. The van der Waals surface area contributed by atoms with Crippen LogP contribution in [0.3, 0.4) is 0 Å². The molecule has 0 bridgehead atoms. The molecule has 0 saturated carbocycles. The van der Waals surface area contributed by atoms with E-state index in [1.807, 2.05) is 22.6 Å². The molecule has 0 rings (SSSR count). The fraction of sp³-hybridized carbons (Fsp3) is 0.857. The summed E-state index contributed by atoms with van der Waals surface area (Å²) in [6, 6.07) is 0. The molecule has 0 atom stereocenters. The van der Waals surface area contributed by atoms with Gasteiger partial charge >= 0.3 is 12.1 Å². The minimum absolute atomic E-state index is 0.192. The molecule has 0 fully saturated rings. The Labute approximate surface area is 135 Å². The SMILES string of the molecule is CCCCCCCCCC(=O)OCCNC(=O)OCI. The van der Waals surface area contributed by atoms with Crippen molar-refractivity contribution in [2.45, 2.75) is 58.3 Å². The van der Waals surface area contributed by atoms with E-state index in [9.17, 15) is 9.59 Å². The number of ether oxygens (including phenoxy) is 2. The number of carbonyl (C=O) groups excluding carboxylic acids is 2. The highest BCUT2D eigenvalue weighted by Crippen LogP contribution is 2.08. The van der Waals surface area contributed by atoms with Gasteiger partial charge in [-0.15, -0.1) is 0 Å². The van der Waals surface area contributed by atoms with Gasteiger partial charge in [0.25, 0.3) is 0 Å². The van der Waals surface area contributed by atoms with E-state index in [0.717, 1.165) is 12.8 Å². The van der Waals surface area contributed by atoms with E-state index >= 15 is 0 Å². The Bertz CT molecular complexity index is 262. The monoisotopic (exact) mass is 399 g/mol. The van der Waals surface area contributed by atoms with E-state index in [0.29, 0.717) is 11.0 Å². The molecule has 0 heterocycles. The van der Waals surface area contributed by atoms with Crippen molar-refractivity contribution in [2.24, 2.45) is 0 Å². The quantitative estimate of drug-likeness (QED) is 0.235. The number of hydrogen-bond acceptors (Lipinski definition) is 4. The molecule has 118 valence electrons. The topological polar surface area (TPSA) is 64.6 Å². The predicted molar refractivity (Wildman–Crippen MR) is 86.9 cm³/mol. The van der Waals surface area contributed by atoms with Crippen molar-refractivity contribution < 1.29 is 19.1 Å². The van der Waals surface area contributed by atoms with Crippen molar-refractivity contribution in [2.75, 3.05) is 17.8 Å². The Balaban J connectivity index is 3.26. The standard InChI is InChI=1S/C14H26INO4/c1-2-3-4-5-6-7-8-9-13(17)19-11-10-16-14(18)20-12-15/h2-12H2,1H3,(H,16,18). The third kappa shape index (κ3) is 13.9. The van der Waals surface area contributed by atoms with E-state index in [-0.39, 0.29) is 19.1 Å². The van der Waals surface area contributed by atoms with Gasteiger partial charge in [0.15, 0.2) is 0 Å². The molecule has 0 spiro atoms. The molecular formula is C14H26INO4. The fourth-order valence-corrected chi connectivity index (χ4v) is 2.00. The van der Waals surface area contributed by atoms with Crippen LogP contribution in [0, 0.1) is 0 Å². The van der Waals surface area contributed by atoms with E-state index in [1.165, 1.54) is 32.1 Å². The molecular weight excluding hydrogens is 373 g/mol. The van der Waals surface area contributed by atoms with Gasteiger partial charge < -0.3 is 14.8 Å². The molecule has 0 unspecified atom stereocenters. The summed E-state index contributed by atoms with van der Waals surface area (Å²) in [6.45, 7) is 2.69. The lowest BCUT2D eigenvalue weighted by Crippen LogP contribution is -2.28. The first-order valence-corrected chi connectivity index (χ1v) is 8.85. The zero-order valence-electron chi connectivity index (χ0n) is 12.3. The smallest absolute Gasteiger partial charge is 0.408 e. The fourth-order valence-electron chi connectivity index (χ4n) is 1.72. The predicted octanol–water partition coefficient (Wildman–Crippen LogP) is 3.79. The molecule has 1 N–H and O–H groups in total. The van der Waals surface area contributed by atoms with Crippen LogP contribution in [0.15, 0.2) is 0 Å². The number of alkyl carbamates (subject to hydrolysis) is 1. The number of rotatable bonds is 12. The summed E-state index contributed by atoms with van der Waals surface area (Å²) >= 11 is 1.93. The summed E-state index contributed by atoms with van der Waals surface area (Å²) < 4.78 is 9.98. The summed E-state index contributed by atoms with van der Waals surface area (Å²) in [6.07, 6.45) is 8.24. The van der Waals surface area contributed by atoms with Crippen LogP contribution in [-0.2, 0) is 14.3 Å². The van der Waals surface area contributed by atoms with Crippen LogP contribution >= 0.6 is 22.6 Å². The minimum atomic E-state index is -0.484. The first-order chi connectivity index (χ1) is 9.70. The van der Waals surface area contributed by atoms with Crippen LogP contribution in [0.5, 0.6) is 0 Å². The van der Waals surface area contributed by atoms with Gasteiger partial charge in [-0.3, -0.25) is 4.79 Å². The van der Waals surface area contributed by atoms with Gasteiger partial charge in [-0.25, -0.2) is 4.79 Å². The largest absolute Gasteiger partial charge is 0.464 e. The van der Waals surface area contributed by atoms with Gasteiger partial charge in [0.2, 0.25) is 0 Å². The maximum Gasteiger partial charge on any atom is 0.408 e. The molecule has 0 aliphatic carbocycles. The van der Waals surface area contributed by atoms with Crippen LogP contribution in [0.1, 0.15) is 58.3 Å². The number of hydrogen-bond donors (Lipinski definition) is 1. The van der Waals surface area contributed by atoms with Gasteiger partial charge in [-0.05, 0) is 29.0 Å². The molecule has 0 aliphatic rings. The summed E-state index contributed by atoms with van der Waals surface area (Å²) in [7, 11) is 0. The highest BCUT2D eigenvalue weighted by Gasteiger charge is 2.04. The Morgan fingerprint density at radius 1 is 1.00 bits per heavy atom. The highest BCUT2D eigenvalue weighted by atomic mass is 127. The summed E-state index contributed by atoms with van der Waals surface area (Å²) in [5.74, 6) is -0.192. The lowest BCUT2D eigenvalue weighted by Gasteiger charge is -2.06. The van der Waals surface area contributed by atoms with E-state index in [1.54, 1.807) is 0 Å². The van der Waals surface area contributed by atoms with Crippen molar-refractivity contribution in [3.8, 4) is 0 Å². The summed E-state index contributed by atoms with van der Waals surface area (Å²) in [5.41, 5.74) is 0. The molecule has 0 aliphatic heterocycles. The van der Waals surface area contributed by atoms with Crippen molar-refractivity contribution in [3.63, 3.8) is 0 Å². The number of halogens is 1. The average Bonchev–Trinajstić information content (AvgIpc) is 2.43. The molecule has 20 heavy (non-hydrogen) atoms. The zero-order chi connectivity index (χ0) is 15.1. The average molecular weight is 399 g/mol. The number of unbranched alkanes of at least 4 members (excludes halogenated alkanes) is 6. The minimum Gasteiger partial charge on any atom is -0.464 e. The Morgan fingerprint density at radius 3 is 2.30 bits per heavy atom. The van der Waals surface area contributed by atoms with Crippen LogP contribution in [0.2, 0.25) is 0 Å². The lowest BCUT2D eigenvalue weighted by atomic mass is 10.1. The number of esters is 1. The van der Waals surface area contributed by atoms with Crippen molar-refractivity contribution in [3.05, 3.63) is 0 Å². The lowest BCUT2D eigenvalue weighted by molar-refractivity contribution is -0.143. The van der Waals surface area contributed by atoms with Crippen molar-refractivity contribution in [1.29, 1.82) is 0 Å². The first-order valence-electron chi connectivity index (χ1n) is 7.33. The Kier molecular flexibility index (Phi) is 14.5. The van der Waals surface area contributed by atoms with Gasteiger partial charge in [-0.1, -0.05) is 45.4 Å². The summed E-state index contributed by atoms with van der Waals surface area (Å²) in [4.78, 5) is 22.3. The van der Waals surface area contributed by atoms with Crippen LogP contribution in [0.4, 0.5) is 4.79 Å². The molecule has 0 radical (unpaired) electrons. The molecule has 0 saturated heterocycles. The molecule has 0 aromatic rings. The zero-order valence-corrected chi connectivity index (χ0v) is 14.4. The molecule has 0 aromatic heterocycles. The Morgan fingerprint density at radius 2 is 1.65 bits per heavy atom. The van der Waals surface area contributed by atoms with Gasteiger partial charge in [0, 0.05) is 6.42 Å². The van der Waals surface area contributed by atoms with Crippen molar-refractivity contribution >= 4 is 34.7 Å². The van der Waals surface area contributed by atoms with Crippen LogP contribution in [-0.4, -0.2) is 29.8 Å². The van der Waals surface area contributed by atoms with E-state index < -0.39 is 6.09 Å². The number of nitrogens with one attached hydrogen (secondary N) is 1. The molecule has 1 amide bonds. The highest BCUT2D eigenvalue weighted by molar-refractivity contribution is 14.1. The second-order valence-electron chi connectivity index (χ2n) is 4.56. The normalized spacial score (nSPS) is 10.1. The molecule has 0 aromatic carbocycles. The molecule has 6 heteroatoms.